The smallest absolute Gasteiger partial charge is 0.478 e. The predicted octanol–water partition coefficient (Wildman–Crippen LogP) is 6.12. The summed E-state index contributed by atoms with van der Waals surface area (Å²) in [5.74, 6) is -1.46. The zero-order valence-corrected chi connectivity index (χ0v) is 21.5. The summed E-state index contributed by atoms with van der Waals surface area (Å²) < 4.78 is 66.1. The lowest BCUT2D eigenvalue weighted by Gasteiger charge is -2.44. The molecule has 3 aromatic carbocycles. The Morgan fingerprint density at radius 2 is 1.74 bits per heavy atom. The molecule has 10 heteroatoms. The molecular weight excluding hydrogens is 519 g/mol. The first-order chi connectivity index (χ1) is 17.9. The van der Waals surface area contributed by atoms with E-state index < -0.39 is 27.3 Å². The highest BCUT2D eigenvalue weighted by Gasteiger charge is 2.48. The first-order valence-corrected chi connectivity index (χ1v) is 13.3. The number of benzene rings is 3. The minimum atomic E-state index is -5.79. The van der Waals surface area contributed by atoms with Crippen molar-refractivity contribution in [1.29, 1.82) is 0 Å². The maximum Gasteiger partial charge on any atom is 0.534 e. The van der Waals surface area contributed by atoms with E-state index in [2.05, 4.69) is 16.0 Å². The van der Waals surface area contributed by atoms with Gasteiger partial charge in [0, 0.05) is 17.8 Å². The van der Waals surface area contributed by atoms with Gasteiger partial charge in [-0.15, -0.1) is 0 Å². The summed E-state index contributed by atoms with van der Waals surface area (Å²) in [4.78, 5) is 13.1. The number of hydrogen-bond acceptors (Lipinski definition) is 5. The number of anilines is 1. The highest BCUT2D eigenvalue weighted by molar-refractivity contribution is 7.88. The fourth-order valence-electron chi connectivity index (χ4n) is 4.68. The third-order valence-corrected chi connectivity index (χ3v) is 7.46. The van der Waals surface area contributed by atoms with Gasteiger partial charge in [0.25, 0.3) is 0 Å². The molecule has 0 aromatic heterocycles. The van der Waals surface area contributed by atoms with E-state index in [1.807, 2.05) is 43.3 Å². The first kappa shape index (κ1) is 27.3. The number of nitrogens with zero attached hydrogens (tertiary/aromatic N) is 1. The van der Waals surface area contributed by atoms with Crippen LogP contribution in [0, 0.1) is 0 Å². The number of aryl methyl sites for hydroxylation is 1. The zero-order valence-electron chi connectivity index (χ0n) is 20.6. The third kappa shape index (κ3) is 5.70. The minimum absolute atomic E-state index is 0.0963. The van der Waals surface area contributed by atoms with Gasteiger partial charge in [0.2, 0.25) is 0 Å². The highest BCUT2D eigenvalue weighted by atomic mass is 32.2. The van der Waals surface area contributed by atoms with Gasteiger partial charge in [-0.25, -0.2) is 4.79 Å². The Morgan fingerprint density at radius 1 is 1.08 bits per heavy atom. The number of halogens is 3. The van der Waals surface area contributed by atoms with E-state index in [4.69, 9.17) is 5.11 Å². The van der Waals surface area contributed by atoms with Gasteiger partial charge in [0.05, 0.1) is 6.04 Å². The van der Waals surface area contributed by atoms with Crippen LogP contribution < -0.4 is 9.08 Å². The van der Waals surface area contributed by atoms with Crippen molar-refractivity contribution in [3.63, 3.8) is 0 Å². The van der Waals surface area contributed by atoms with Gasteiger partial charge >= 0.3 is 21.6 Å². The first-order valence-electron chi connectivity index (χ1n) is 11.9. The molecule has 0 saturated heterocycles. The number of hydrogen-bond donors (Lipinski definition) is 1. The molecule has 2 atom stereocenters. The van der Waals surface area contributed by atoms with Crippen molar-refractivity contribution in [2.45, 2.75) is 44.3 Å². The summed E-state index contributed by atoms with van der Waals surface area (Å²) in [6.07, 6.45) is 3.86. The van der Waals surface area contributed by atoms with Crippen LogP contribution in [0.1, 0.15) is 47.7 Å². The molecule has 0 amide bonds. The Bertz CT molecular complexity index is 1450. The van der Waals surface area contributed by atoms with Crippen LogP contribution in [-0.2, 0) is 27.8 Å². The standard InChI is InChI=1S/C28H26F3NO5S/c1-3-19-6-11-23(12-7-19)32-18(2)16-22-17-24(37-38(35,36)28(29,30)31)13-14-25(22)27(32)21-9-4-20(5-10-21)8-15-26(33)34/h4-15,17-18,27H,3,16H2,1-2H3,(H,33,34)/b15-8+/t18-,27-/m1/s1. The van der Waals surface area contributed by atoms with Gasteiger partial charge < -0.3 is 14.2 Å². The number of alkyl halides is 3. The molecule has 6 nitrogen and oxygen atoms in total. The summed E-state index contributed by atoms with van der Waals surface area (Å²) in [5, 5.41) is 8.90. The lowest BCUT2D eigenvalue weighted by molar-refractivity contribution is -0.131. The molecule has 38 heavy (non-hydrogen) atoms. The van der Waals surface area contributed by atoms with Crippen LogP contribution in [-0.4, -0.2) is 31.0 Å². The maximum absolute atomic E-state index is 12.9. The van der Waals surface area contributed by atoms with Gasteiger partial charge in [-0.05, 0) is 77.9 Å². The lowest BCUT2D eigenvalue weighted by Crippen LogP contribution is -2.43. The van der Waals surface area contributed by atoms with E-state index in [9.17, 15) is 26.4 Å². The molecule has 0 radical (unpaired) electrons. The molecule has 1 aliphatic heterocycles. The van der Waals surface area contributed by atoms with E-state index in [-0.39, 0.29) is 12.1 Å². The Morgan fingerprint density at radius 3 is 2.32 bits per heavy atom. The Hall–Kier alpha value is -3.79. The van der Waals surface area contributed by atoms with Crippen molar-refractivity contribution < 1.29 is 35.7 Å². The third-order valence-electron chi connectivity index (χ3n) is 6.48. The normalized spacial score (nSPS) is 17.9. The average molecular weight is 546 g/mol. The molecule has 4 rings (SSSR count). The van der Waals surface area contributed by atoms with Crippen LogP contribution in [0.3, 0.4) is 0 Å². The average Bonchev–Trinajstić information content (AvgIpc) is 2.86. The van der Waals surface area contributed by atoms with Crippen molar-refractivity contribution in [2.75, 3.05) is 4.90 Å². The number of carbonyl (C=O) groups is 1. The molecule has 0 aliphatic carbocycles. The van der Waals surface area contributed by atoms with Gasteiger partial charge in [-0.3, -0.25) is 0 Å². The summed E-state index contributed by atoms with van der Waals surface area (Å²) in [6.45, 7) is 4.06. The summed E-state index contributed by atoms with van der Waals surface area (Å²) in [7, 11) is -5.79. The molecule has 0 saturated carbocycles. The summed E-state index contributed by atoms with van der Waals surface area (Å²) in [5.41, 5.74) is -0.349. The van der Waals surface area contributed by atoms with Crippen molar-refractivity contribution in [3.05, 3.63) is 101 Å². The van der Waals surface area contributed by atoms with Crippen LogP contribution >= 0.6 is 0 Å². The zero-order chi connectivity index (χ0) is 27.7. The Labute approximate surface area is 219 Å². The van der Waals surface area contributed by atoms with E-state index in [0.717, 1.165) is 29.3 Å². The highest BCUT2D eigenvalue weighted by Crippen LogP contribution is 2.42. The fourth-order valence-corrected chi connectivity index (χ4v) is 5.13. The van der Waals surface area contributed by atoms with Crippen LogP contribution in [0.4, 0.5) is 18.9 Å². The summed E-state index contributed by atoms with van der Waals surface area (Å²) >= 11 is 0. The van der Waals surface area contributed by atoms with Crippen LogP contribution in [0.2, 0.25) is 0 Å². The quantitative estimate of drug-likeness (QED) is 0.219. The lowest BCUT2D eigenvalue weighted by atomic mass is 9.84. The molecule has 3 aromatic rings. The molecule has 1 N–H and O–H groups in total. The number of carboxylic acids is 1. The van der Waals surface area contributed by atoms with Crippen LogP contribution in [0.15, 0.2) is 72.8 Å². The molecule has 0 spiro atoms. The monoisotopic (exact) mass is 545 g/mol. The van der Waals surface area contributed by atoms with Gasteiger partial charge in [0.15, 0.2) is 0 Å². The topological polar surface area (TPSA) is 83.9 Å². The van der Waals surface area contributed by atoms with E-state index in [1.54, 1.807) is 18.2 Å². The molecule has 1 aliphatic rings. The predicted molar refractivity (Wildman–Crippen MR) is 138 cm³/mol. The van der Waals surface area contributed by atoms with Crippen LogP contribution in [0.5, 0.6) is 5.75 Å². The van der Waals surface area contributed by atoms with E-state index >= 15 is 0 Å². The molecule has 0 bridgehead atoms. The second-order valence-electron chi connectivity index (χ2n) is 9.07. The van der Waals surface area contributed by atoms with Gasteiger partial charge in [-0.2, -0.15) is 21.6 Å². The molecule has 0 unspecified atom stereocenters. The van der Waals surface area contributed by atoms with Crippen LogP contribution in [0.25, 0.3) is 6.08 Å². The Balaban J connectivity index is 1.79. The molecule has 0 fully saturated rings. The number of carboxylic acid groups (broad SMARTS) is 1. The number of aliphatic carboxylic acids is 1. The maximum atomic E-state index is 12.9. The SMILES string of the molecule is CCc1ccc(N2[C@H](c3ccc(/C=C/C(=O)O)cc3)c3ccc(OS(=O)(=O)C(F)(F)F)cc3C[C@H]2C)cc1. The van der Waals surface area contributed by atoms with Gasteiger partial charge in [-0.1, -0.05) is 49.4 Å². The summed E-state index contributed by atoms with van der Waals surface area (Å²) in [6, 6.07) is 19.2. The largest absolute Gasteiger partial charge is 0.534 e. The minimum Gasteiger partial charge on any atom is -0.478 e. The number of rotatable bonds is 7. The van der Waals surface area contributed by atoms with E-state index in [0.29, 0.717) is 17.5 Å². The fraction of sp³-hybridized carbons (Fsp3) is 0.250. The molecule has 1 heterocycles. The second kappa shape index (κ2) is 10.5. The number of fused-ring (bicyclic) bond motifs is 1. The Kier molecular flexibility index (Phi) is 7.55. The molecule has 200 valence electrons. The van der Waals surface area contributed by atoms with Crippen molar-refractivity contribution >= 4 is 27.9 Å². The van der Waals surface area contributed by atoms with Gasteiger partial charge in [0.1, 0.15) is 5.75 Å². The van der Waals surface area contributed by atoms with Crippen molar-refractivity contribution in [1.82, 2.24) is 0 Å². The molecular formula is C28H26F3NO5S. The van der Waals surface area contributed by atoms with Crippen molar-refractivity contribution in [3.8, 4) is 5.75 Å². The second-order valence-corrected chi connectivity index (χ2v) is 10.6. The van der Waals surface area contributed by atoms with E-state index in [1.165, 1.54) is 23.8 Å². The van der Waals surface area contributed by atoms with Crippen molar-refractivity contribution in [2.24, 2.45) is 0 Å².